The average Bonchev–Trinajstić information content (AvgIpc) is 3.39. The van der Waals surface area contributed by atoms with Gasteiger partial charge in [-0.05, 0) is 57.6 Å². The highest BCUT2D eigenvalue weighted by molar-refractivity contribution is 7.17. The summed E-state index contributed by atoms with van der Waals surface area (Å²) in [6.07, 6.45) is 7.11. The number of H-pyrrole nitrogens is 1. The van der Waals surface area contributed by atoms with E-state index in [9.17, 15) is 9.59 Å². The highest BCUT2D eigenvalue weighted by Gasteiger charge is 2.22. The van der Waals surface area contributed by atoms with Crippen LogP contribution < -0.4 is 10.6 Å². The molecule has 0 spiro atoms. The first-order valence-electron chi connectivity index (χ1n) is 11.0. The molecule has 1 saturated carbocycles. The van der Waals surface area contributed by atoms with Crippen molar-refractivity contribution in [3.05, 3.63) is 58.9 Å². The highest BCUT2D eigenvalue weighted by atomic mass is 32.1. The van der Waals surface area contributed by atoms with E-state index in [0.717, 1.165) is 34.5 Å². The van der Waals surface area contributed by atoms with Gasteiger partial charge in [-0.25, -0.2) is 9.97 Å². The highest BCUT2D eigenvalue weighted by Crippen LogP contribution is 2.28. The Balaban J connectivity index is 0.000000398. The Morgan fingerprint density at radius 2 is 2.06 bits per heavy atom. The molecule has 3 aromatic heterocycles. The van der Waals surface area contributed by atoms with Crippen LogP contribution in [-0.4, -0.2) is 57.4 Å². The topological polar surface area (TPSA) is 116 Å². The van der Waals surface area contributed by atoms with Crippen LogP contribution in [0.1, 0.15) is 33.8 Å². The van der Waals surface area contributed by atoms with Gasteiger partial charge in [-0.2, -0.15) is 5.10 Å². The lowest BCUT2D eigenvalue weighted by molar-refractivity contribution is -0.107. The fraction of sp³-hybridized carbons (Fsp3) is 0.292. The summed E-state index contributed by atoms with van der Waals surface area (Å²) in [5, 5.41) is 14.3. The second-order valence-corrected chi connectivity index (χ2v) is 9.31. The van der Waals surface area contributed by atoms with E-state index in [0.29, 0.717) is 21.5 Å². The molecule has 3 heterocycles. The van der Waals surface area contributed by atoms with Gasteiger partial charge in [-0.15, -0.1) is 0 Å². The molecule has 176 valence electrons. The van der Waals surface area contributed by atoms with Crippen molar-refractivity contribution < 1.29 is 9.59 Å². The molecule has 5 rings (SSSR count). The van der Waals surface area contributed by atoms with Gasteiger partial charge in [0.2, 0.25) is 0 Å². The van der Waals surface area contributed by atoms with E-state index in [1.165, 1.54) is 30.4 Å². The second kappa shape index (κ2) is 10.5. The molecule has 34 heavy (non-hydrogen) atoms. The summed E-state index contributed by atoms with van der Waals surface area (Å²) in [5.41, 5.74) is 3.19. The van der Waals surface area contributed by atoms with Gasteiger partial charge >= 0.3 is 0 Å². The van der Waals surface area contributed by atoms with Crippen molar-refractivity contribution in [1.29, 1.82) is 0 Å². The number of aryl methyl sites for hydroxylation is 1. The molecule has 0 radical (unpaired) electrons. The van der Waals surface area contributed by atoms with Crippen LogP contribution in [0.2, 0.25) is 0 Å². The van der Waals surface area contributed by atoms with Gasteiger partial charge in [-0.1, -0.05) is 23.5 Å². The Morgan fingerprint density at radius 1 is 1.24 bits per heavy atom. The molecule has 0 atom stereocenters. The number of hydrogen-bond donors (Lipinski definition) is 3. The zero-order chi connectivity index (χ0) is 24.1. The number of amides is 1. The van der Waals surface area contributed by atoms with Crippen LogP contribution >= 0.6 is 11.3 Å². The third-order valence-electron chi connectivity index (χ3n) is 5.41. The number of aromatic amines is 1. The van der Waals surface area contributed by atoms with Gasteiger partial charge in [0, 0.05) is 23.5 Å². The summed E-state index contributed by atoms with van der Waals surface area (Å²) in [7, 11) is 4.27. The molecule has 0 saturated heterocycles. The lowest BCUT2D eigenvalue weighted by Crippen LogP contribution is -2.12. The molecular weight excluding hydrogens is 450 g/mol. The third-order valence-corrected chi connectivity index (χ3v) is 6.32. The molecule has 4 aromatic rings. The van der Waals surface area contributed by atoms with Gasteiger partial charge in [0.15, 0.2) is 5.13 Å². The smallest absolute Gasteiger partial charge is 0.267 e. The predicted molar refractivity (Wildman–Crippen MR) is 135 cm³/mol. The van der Waals surface area contributed by atoms with Crippen molar-refractivity contribution >= 4 is 51.1 Å². The lowest BCUT2D eigenvalue weighted by Gasteiger charge is -2.08. The van der Waals surface area contributed by atoms with Crippen molar-refractivity contribution in [1.82, 2.24) is 25.1 Å². The van der Waals surface area contributed by atoms with Crippen LogP contribution in [0.4, 0.5) is 16.6 Å². The number of pyridine rings is 1. The van der Waals surface area contributed by atoms with Crippen LogP contribution in [0, 0.1) is 6.92 Å². The van der Waals surface area contributed by atoms with Crippen LogP contribution in [0.3, 0.4) is 0 Å². The Bertz CT molecular complexity index is 1290. The van der Waals surface area contributed by atoms with E-state index in [1.807, 2.05) is 25.1 Å². The summed E-state index contributed by atoms with van der Waals surface area (Å²) in [6, 6.07) is 10.1. The summed E-state index contributed by atoms with van der Waals surface area (Å²) in [6.45, 7) is 1.93. The maximum absolute atomic E-state index is 12.7. The standard InChI is InChI=1S/C19H16N6O2S.C5H11N/c1-11-5-6-14-13(9-21-25-14)17(11)24-18(27)15-10-20-19(28-15)23-16-4-2-3-12(22-16)7-8-26;1-6(2)5-3-4-5/h2-6,8-10H,7H2,1H3,(H,21,25)(H,24,27)(H,20,22,23);5H,3-4H2,1-2H3. The lowest BCUT2D eigenvalue weighted by atomic mass is 10.1. The number of aromatic nitrogens is 4. The number of benzene rings is 1. The van der Waals surface area contributed by atoms with Gasteiger partial charge in [0.1, 0.15) is 17.0 Å². The first-order valence-corrected chi connectivity index (χ1v) is 11.8. The zero-order valence-electron chi connectivity index (χ0n) is 19.3. The number of rotatable bonds is 7. The molecule has 3 N–H and O–H groups in total. The molecule has 1 aliphatic carbocycles. The molecule has 0 aliphatic heterocycles. The number of carbonyl (C=O) groups is 2. The quantitative estimate of drug-likeness (QED) is 0.342. The number of fused-ring (bicyclic) bond motifs is 1. The van der Waals surface area contributed by atoms with E-state index in [4.69, 9.17) is 0 Å². The molecule has 10 heteroatoms. The monoisotopic (exact) mass is 477 g/mol. The van der Waals surface area contributed by atoms with Gasteiger partial charge in [-0.3, -0.25) is 9.89 Å². The van der Waals surface area contributed by atoms with Crippen LogP contribution in [-0.2, 0) is 11.2 Å². The second-order valence-electron chi connectivity index (χ2n) is 8.28. The number of carbonyl (C=O) groups excluding carboxylic acids is 2. The van der Waals surface area contributed by atoms with E-state index < -0.39 is 0 Å². The van der Waals surface area contributed by atoms with Gasteiger partial charge in [0.05, 0.1) is 23.6 Å². The first kappa shape index (κ1) is 23.5. The molecule has 1 fully saturated rings. The van der Waals surface area contributed by atoms with E-state index >= 15 is 0 Å². The van der Waals surface area contributed by atoms with Crippen molar-refractivity contribution in [2.75, 3.05) is 24.7 Å². The fourth-order valence-corrected chi connectivity index (χ4v) is 4.07. The maximum atomic E-state index is 12.7. The Kier molecular flexibility index (Phi) is 7.29. The number of hydrogen-bond acceptors (Lipinski definition) is 8. The minimum absolute atomic E-state index is 0.245. The molecule has 9 nitrogen and oxygen atoms in total. The molecule has 0 unspecified atom stereocenters. The minimum Gasteiger partial charge on any atom is -0.320 e. The zero-order valence-corrected chi connectivity index (χ0v) is 20.1. The third kappa shape index (κ3) is 5.83. The van der Waals surface area contributed by atoms with Gasteiger partial charge < -0.3 is 20.3 Å². The van der Waals surface area contributed by atoms with Crippen molar-refractivity contribution in [2.24, 2.45) is 0 Å². The number of nitrogens with zero attached hydrogens (tertiary/aromatic N) is 4. The Hall–Kier alpha value is -3.63. The fourth-order valence-electron chi connectivity index (χ4n) is 3.35. The van der Waals surface area contributed by atoms with Crippen molar-refractivity contribution in [3.63, 3.8) is 0 Å². The van der Waals surface area contributed by atoms with E-state index in [1.54, 1.807) is 18.3 Å². The molecular formula is C24H27N7O2S. The first-order chi connectivity index (χ1) is 16.4. The van der Waals surface area contributed by atoms with Crippen molar-refractivity contribution in [2.45, 2.75) is 32.2 Å². The predicted octanol–water partition coefficient (Wildman–Crippen LogP) is 4.17. The van der Waals surface area contributed by atoms with E-state index in [2.05, 4.69) is 49.8 Å². The largest absolute Gasteiger partial charge is 0.320 e. The molecule has 1 amide bonds. The molecule has 1 aromatic carbocycles. The number of anilines is 3. The number of nitrogens with one attached hydrogen (secondary N) is 3. The summed E-state index contributed by atoms with van der Waals surface area (Å²) < 4.78 is 0. The Morgan fingerprint density at radius 3 is 2.76 bits per heavy atom. The molecule has 0 bridgehead atoms. The van der Waals surface area contributed by atoms with Crippen molar-refractivity contribution in [3.8, 4) is 0 Å². The minimum atomic E-state index is -0.245. The van der Waals surface area contributed by atoms with E-state index in [-0.39, 0.29) is 12.3 Å². The SMILES string of the molecule is CN(C)C1CC1.Cc1ccc2[nH]ncc2c1NC(=O)c1cnc(Nc2cccc(CC=O)n2)s1. The van der Waals surface area contributed by atoms with Gasteiger partial charge in [0.25, 0.3) is 5.91 Å². The van der Waals surface area contributed by atoms with Crippen LogP contribution in [0.25, 0.3) is 10.9 Å². The summed E-state index contributed by atoms with van der Waals surface area (Å²) >= 11 is 1.22. The summed E-state index contributed by atoms with van der Waals surface area (Å²) in [5.74, 6) is 0.324. The normalized spacial score (nSPS) is 12.8. The van der Waals surface area contributed by atoms with Crippen LogP contribution in [0.5, 0.6) is 0 Å². The maximum Gasteiger partial charge on any atom is 0.267 e. The summed E-state index contributed by atoms with van der Waals surface area (Å²) in [4.78, 5) is 34.6. The Labute approximate surface area is 201 Å². The molecule has 1 aliphatic rings. The van der Waals surface area contributed by atoms with Crippen LogP contribution in [0.15, 0.2) is 42.7 Å². The average molecular weight is 478 g/mol. The number of thiazole rings is 1. The number of aldehydes is 1.